The Morgan fingerprint density at radius 2 is 1.95 bits per heavy atom. The number of pyridine rings is 1. The number of carbonyl (C=O) groups excluding carboxylic acids is 1. The molecule has 0 saturated heterocycles. The van der Waals surface area contributed by atoms with E-state index in [0.29, 0.717) is 11.1 Å². The topological polar surface area (TPSA) is 34.0 Å². The van der Waals surface area contributed by atoms with E-state index in [1.54, 1.807) is 22.7 Å². The van der Waals surface area contributed by atoms with Crippen LogP contribution in [-0.4, -0.2) is 29.5 Å². The van der Waals surface area contributed by atoms with Crippen LogP contribution in [-0.2, 0) is 4.84 Å². The van der Waals surface area contributed by atoms with Gasteiger partial charge >= 0.3 is 0 Å². The maximum absolute atomic E-state index is 12.9. The quantitative estimate of drug-likeness (QED) is 0.782. The molecule has 0 unspecified atom stereocenters. The van der Waals surface area contributed by atoms with Gasteiger partial charge in [-0.1, -0.05) is 21.3 Å². The van der Waals surface area contributed by atoms with Crippen LogP contribution >= 0.6 is 0 Å². The summed E-state index contributed by atoms with van der Waals surface area (Å²) in [5, 5.41) is 1.12. The van der Waals surface area contributed by atoms with Gasteiger partial charge in [0, 0.05) is 19.4 Å². The Morgan fingerprint density at radius 1 is 1.32 bits per heavy atom. The van der Waals surface area contributed by atoms with Crippen molar-refractivity contribution in [1.82, 2.24) is 9.46 Å². The molecular formula is C14H21FN2O2. The Labute approximate surface area is 113 Å². The molecule has 0 radical (unpaired) electrons. The third-order valence-corrected chi connectivity index (χ3v) is 2.41. The maximum atomic E-state index is 12.9. The van der Waals surface area contributed by atoms with E-state index >= 15 is 0 Å². The van der Waals surface area contributed by atoms with Crippen molar-refractivity contribution in [2.75, 3.05) is 14.2 Å². The van der Waals surface area contributed by atoms with E-state index in [0.717, 1.165) is 5.06 Å². The lowest BCUT2D eigenvalue weighted by Gasteiger charge is -2.12. The number of hydrogen-bond acceptors (Lipinski definition) is 2. The van der Waals surface area contributed by atoms with Crippen molar-refractivity contribution in [2.24, 2.45) is 0 Å². The van der Waals surface area contributed by atoms with E-state index in [1.807, 2.05) is 13.8 Å². The van der Waals surface area contributed by atoms with Crippen LogP contribution in [0, 0.1) is 5.82 Å². The Kier molecular flexibility index (Phi) is 6.79. The first-order valence-corrected chi connectivity index (χ1v) is 5.72. The molecule has 0 aliphatic carbocycles. The average molecular weight is 268 g/mol. The van der Waals surface area contributed by atoms with Gasteiger partial charge in [0.15, 0.2) is 0 Å². The van der Waals surface area contributed by atoms with Crippen molar-refractivity contribution in [1.29, 1.82) is 0 Å². The van der Waals surface area contributed by atoms with Crippen LogP contribution in [0.1, 0.15) is 31.6 Å². The summed E-state index contributed by atoms with van der Waals surface area (Å²) in [6.45, 7) is 4.00. The number of fused-ring (bicyclic) bond motifs is 1. The van der Waals surface area contributed by atoms with Crippen molar-refractivity contribution in [3.8, 4) is 0 Å². The third-order valence-electron chi connectivity index (χ3n) is 2.41. The van der Waals surface area contributed by atoms with Crippen molar-refractivity contribution < 1.29 is 14.0 Å². The van der Waals surface area contributed by atoms with Gasteiger partial charge < -0.3 is 4.40 Å². The van der Waals surface area contributed by atoms with Crippen molar-refractivity contribution in [2.45, 2.75) is 21.3 Å². The van der Waals surface area contributed by atoms with Gasteiger partial charge in [-0.2, -0.15) is 0 Å². The molecule has 1 amide bonds. The summed E-state index contributed by atoms with van der Waals surface area (Å²) in [4.78, 5) is 16.6. The molecule has 0 bridgehead atoms. The lowest BCUT2D eigenvalue weighted by molar-refractivity contribution is -0.0755. The highest BCUT2D eigenvalue weighted by molar-refractivity contribution is 6.00. The van der Waals surface area contributed by atoms with Crippen molar-refractivity contribution >= 4 is 11.4 Å². The van der Waals surface area contributed by atoms with E-state index in [4.69, 9.17) is 4.84 Å². The lowest BCUT2D eigenvalue weighted by atomic mass is 10.2. The number of halogens is 1. The van der Waals surface area contributed by atoms with Crippen LogP contribution in [0.4, 0.5) is 4.39 Å². The van der Waals surface area contributed by atoms with E-state index in [9.17, 15) is 9.18 Å². The Bertz CT molecular complexity index is 537. The minimum atomic E-state index is -0.345. The number of amides is 1. The second-order valence-corrected chi connectivity index (χ2v) is 3.35. The van der Waals surface area contributed by atoms with Crippen LogP contribution in [0.15, 0.2) is 30.6 Å². The first kappa shape index (κ1) is 17.1. The molecule has 0 saturated carbocycles. The molecule has 0 aliphatic heterocycles. The molecule has 0 aromatic carbocycles. The molecule has 19 heavy (non-hydrogen) atoms. The molecule has 0 atom stereocenters. The molecule has 2 rings (SSSR count). The van der Waals surface area contributed by atoms with E-state index < -0.39 is 0 Å². The number of hydroxylamine groups is 2. The summed E-state index contributed by atoms with van der Waals surface area (Å²) in [6, 6.07) is 4.51. The zero-order valence-corrected chi connectivity index (χ0v) is 11.0. The van der Waals surface area contributed by atoms with Gasteiger partial charge in [-0.15, -0.1) is 0 Å². The molecule has 2 aromatic rings. The first-order chi connectivity index (χ1) is 8.63. The summed E-state index contributed by atoms with van der Waals surface area (Å²) in [6.07, 6.45) is 2.95. The van der Waals surface area contributed by atoms with E-state index in [-0.39, 0.29) is 19.2 Å². The summed E-state index contributed by atoms with van der Waals surface area (Å²) in [5.41, 5.74) is 1.12. The lowest BCUT2D eigenvalue weighted by Crippen LogP contribution is -2.25. The number of nitrogens with zero attached hydrogens (tertiary/aromatic N) is 2. The predicted octanol–water partition coefficient (Wildman–Crippen LogP) is 3.37. The molecule has 2 aromatic heterocycles. The Morgan fingerprint density at radius 3 is 2.53 bits per heavy atom. The van der Waals surface area contributed by atoms with E-state index in [2.05, 4.69) is 0 Å². The van der Waals surface area contributed by atoms with Gasteiger partial charge in [0.25, 0.3) is 5.91 Å². The van der Waals surface area contributed by atoms with Crippen LogP contribution in [0.5, 0.6) is 0 Å². The second kappa shape index (κ2) is 7.53. The number of hydrogen-bond donors (Lipinski definition) is 0. The highest BCUT2D eigenvalue weighted by atomic mass is 19.1. The maximum Gasteiger partial charge on any atom is 0.279 e. The predicted molar refractivity (Wildman–Crippen MR) is 74.5 cm³/mol. The summed E-state index contributed by atoms with van der Waals surface area (Å²) in [7, 11) is 2.94. The molecule has 0 N–H and O–H groups in total. The molecule has 0 spiro atoms. The summed E-state index contributed by atoms with van der Waals surface area (Å²) >= 11 is 0. The highest BCUT2D eigenvalue weighted by Crippen LogP contribution is 2.15. The van der Waals surface area contributed by atoms with Crippen molar-refractivity contribution in [3.63, 3.8) is 0 Å². The monoisotopic (exact) mass is 268 g/mol. The van der Waals surface area contributed by atoms with Crippen LogP contribution in [0.3, 0.4) is 0 Å². The van der Waals surface area contributed by atoms with Gasteiger partial charge in [0.05, 0.1) is 18.2 Å². The Hall–Kier alpha value is -1.88. The number of carbonyl (C=O) groups is 1. The molecule has 106 valence electrons. The smallest absolute Gasteiger partial charge is 0.279 e. The van der Waals surface area contributed by atoms with Crippen molar-refractivity contribution in [3.05, 3.63) is 42.0 Å². The molecule has 4 nitrogen and oxygen atoms in total. The first-order valence-electron chi connectivity index (χ1n) is 5.72. The van der Waals surface area contributed by atoms with Gasteiger partial charge in [-0.05, 0) is 18.2 Å². The second-order valence-electron chi connectivity index (χ2n) is 3.35. The minimum Gasteiger partial charge on any atom is -0.320 e. The molecule has 5 heteroatoms. The SMILES string of the molecule is C.CC.CON(C)C(=O)c1ccn2cc(F)ccc12. The third kappa shape index (κ3) is 3.54. The molecule has 0 fully saturated rings. The van der Waals surface area contributed by atoms with Gasteiger partial charge in [-0.3, -0.25) is 9.63 Å². The fourth-order valence-electron chi connectivity index (χ4n) is 1.52. The highest BCUT2D eigenvalue weighted by Gasteiger charge is 2.15. The largest absolute Gasteiger partial charge is 0.320 e. The van der Waals surface area contributed by atoms with Gasteiger partial charge in [-0.25, -0.2) is 9.45 Å². The minimum absolute atomic E-state index is 0. The van der Waals surface area contributed by atoms with Gasteiger partial charge in [0.2, 0.25) is 0 Å². The Balaban J connectivity index is 0.00000103. The number of aromatic nitrogens is 1. The fourth-order valence-corrected chi connectivity index (χ4v) is 1.52. The number of rotatable bonds is 2. The molecular weight excluding hydrogens is 247 g/mol. The standard InChI is InChI=1S/C11H11FN2O2.C2H6.CH4/c1-13(16-2)11(15)9-5-6-14-7-8(12)3-4-10(9)14;1-2;/h3-7H,1-2H3;1-2H3;1H4. The van der Waals surface area contributed by atoms with Crippen LogP contribution < -0.4 is 0 Å². The summed E-state index contributed by atoms with van der Waals surface area (Å²) < 4.78 is 14.5. The fraction of sp³-hybridized carbons (Fsp3) is 0.357. The summed E-state index contributed by atoms with van der Waals surface area (Å²) in [5.74, 6) is -0.612. The molecule has 2 heterocycles. The average Bonchev–Trinajstić information content (AvgIpc) is 2.82. The van der Waals surface area contributed by atoms with Crippen LogP contribution in [0.25, 0.3) is 5.52 Å². The normalized spacial score (nSPS) is 9.32. The zero-order chi connectivity index (χ0) is 13.7. The molecule has 0 aliphatic rings. The van der Waals surface area contributed by atoms with Crippen LogP contribution in [0.2, 0.25) is 0 Å². The van der Waals surface area contributed by atoms with Gasteiger partial charge in [0.1, 0.15) is 5.82 Å². The van der Waals surface area contributed by atoms with E-state index in [1.165, 1.54) is 26.4 Å². The zero-order valence-electron chi connectivity index (χ0n) is 11.0.